The quantitative estimate of drug-likeness (QED) is 0.0453. The van der Waals surface area contributed by atoms with E-state index in [0.29, 0.717) is 37.9 Å². The van der Waals surface area contributed by atoms with Gasteiger partial charge in [0, 0.05) is 12.8 Å². The Morgan fingerprint density at radius 2 is 0.569 bits per heavy atom. The normalized spacial score (nSPS) is 13.2. The fraction of sp³-hybridized carbons (Fsp3) is 0.963. The summed E-state index contributed by atoms with van der Waals surface area (Å²) < 4.78 is 11.7. The summed E-state index contributed by atoms with van der Waals surface area (Å²) in [4.78, 5) is 25.2. The molecule has 0 saturated heterocycles. The second kappa shape index (κ2) is 45.5. The lowest BCUT2D eigenvalue weighted by atomic mass is 9.88. The number of rotatable bonds is 47. The molecule has 0 aromatic heterocycles. The second-order valence-electron chi connectivity index (χ2n) is 19.4. The van der Waals surface area contributed by atoms with Crippen molar-refractivity contribution >= 4 is 11.9 Å². The van der Waals surface area contributed by atoms with Crippen LogP contribution in [0.2, 0.25) is 0 Å². The van der Waals surface area contributed by atoms with E-state index < -0.39 is 0 Å². The van der Waals surface area contributed by atoms with Crippen molar-refractivity contribution in [3.63, 3.8) is 0 Å². The van der Waals surface area contributed by atoms with E-state index in [1.807, 2.05) is 0 Å². The number of esters is 2. The first-order valence-corrected chi connectivity index (χ1v) is 26.7. The van der Waals surface area contributed by atoms with E-state index in [-0.39, 0.29) is 11.9 Å². The van der Waals surface area contributed by atoms with E-state index in [0.717, 1.165) is 37.5 Å². The highest BCUT2D eigenvalue weighted by molar-refractivity contribution is 5.69. The van der Waals surface area contributed by atoms with Gasteiger partial charge in [-0.05, 0) is 62.2 Å². The van der Waals surface area contributed by atoms with Crippen LogP contribution in [0, 0.1) is 23.7 Å². The topological polar surface area (TPSA) is 52.6 Å². The van der Waals surface area contributed by atoms with E-state index in [1.54, 1.807) is 0 Å². The summed E-state index contributed by atoms with van der Waals surface area (Å²) in [5.41, 5.74) is 0. The van der Waals surface area contributed by atoms with Crippen LogP contribution in [-0.4, -0.2) is 25.2 Å². The van der Waals surface area contributed by atoms with E-state index in [9.17, 15) is 9.59 Å². The second-order valence-corrected chi connectivity index (χ2v) is 19.4. The maximum atomic E-state index is 12.6. The molecule has 4 nitrogen and oxygen atoms in total. The Kier molecular flexibility index (Phi) is 44.6. The molecule has 0 radical (unpaired) electrons. The van der Waals surface area contributed by atoms with E-state index in [1.165, 1.54) is 218 Å². The van der Waals surface area contributed by atoms with Gasteiger partial charge in [0.2, 0.25) is 0 Å². The molecule has 0 rings (SSSR count). The molecule has 0 aromatic carbocycles. The average molecular weight is 819 g/mol. The van der Waals surface area contributed by atoms with Crippen LogP contribution in [0.5, 0.6) is 0 Å². The molecule has 0 aromatic rings. The summed E-state index contributed by atoms with van der Waals surface area (Å²) in [6.45, 7) is 15.1. The summed E-state index contributed by atoms with van der Waals surface area (Å²) in [5.74, 6) is 2.81. The minimum absolute atomic E-state index is 0.0332. The van der Waals surface area contributed by atoms with Crippen LogP contribution in [0.15, 0.2) is 0 Å². The van der Waals surface area contributed by atoms with Gasteiger partial charge in [-0.15, -0.1) is 0 Å². The van der Waals surface area contributed by atoms with Crippen molar-refractivity contribution in [2.75, 3.05) is 13.2 Å². The fourth-order valence-electron chi connectivity index (χ4n) is 8.80. The molecule has 4 heteroatoms. The van der Waals surface area contributed by atoms with Gasteiger partial charge in [-0.25, -0.2) is 0 Å². The van der Waals surface area contributed by atoms with Gasteiger partial charge in [0.15, 0.2) is 0 Å². The van der Waals surface area contributed by atoms with Gasteiger partial charge >= 0.3 is 11.9 Å². The molecule has 0 aliphatic heterocycles. The number of carbonyl (C=O) groups excluding carboxylic acids is 2. The Hall–Kier alpha value is -1.06. The number of hydrogen-bond donors (Lipinski definition) is 0. The Morgan fingerprint density at radius 1 is 0.310 bits per heavy atom. The first kappa shape index (κ1) is 56.9. The third kappa shape index (κ3) is 41.7. The highest BCUT2D eigenvalue weighted by atomic mass is 16.5. The zero-order valence-corrected chi connectivity index (χ0v) is 40.6. The molecule has 0 saturated carbocycles. The van der Waals surface area contributed by atoms with Crippen LogP contribution in [0.3, 0.4) is 0 Å². The molecule has 346 valence electrons. The van der Waals surface area contributed by atoms with Gasteiger partial charge in [0.05, 0.1) is 13.2 Å². The third-order valence-electron chi connectivity index (χ3n) is 13.0. The fourth-order valence-corrected chi connectivity index (χ4v) is 8.80. The maximum Gasteiger partial charge on any atom is 0.305 e. The van der Waals surface area contributed by atoms with Crippen LogP contribution in [0.1, 0.15) is 298 Å². The summed E-state index contributed by atoms with van der Waals surface area (Å²) in [7, 11) is 0. The Balaban J connectivity index is 4.23. The Morgan fingerprint density at radius 3 is 0.879 bits per heavy atom. The van der Waals surface area contributed by atoms with E-state index >= 15 is 0 Å². The molecule has 2 atom stereocenters. The molecule has 0 aliphatic rings. The summed E-state index contributed by atoms with van der Waals surface area (Å²) in [6, 6.07) is 0. The third-order valence-corrected chi connectivity index (χ3v) is 13.0. The lowest BCUT2D eigenvalue weighted by Crippen LogP contribution is -2.14. The first-order chi connectivity index (χ1) is 28.4. The molecule has 58 heavy (non-hydrogen) atoms. The van der Waals surface area contributed by atoms with Crippen LogP contribution in [0.4, 0.5) is 0 Å². The first-order valence-electron chi connectivity index (χ1n) is 26.7. The molecule has 0 fully saturated rings. The van der Waals surface area contributed by atoms with Gasteiger partial charge in [0.1, 0.15) is 0 Å². The summed E-state index contributed by atoms with van der Waals surface area (Å²) in [5, 5.41) is 0. The summed E-state index contributed by atoms with van der Waals surface area (Å²) >= 11 is 0. The van der Waals surface area contributed by atoms with Crippen molar-refractivity contribution in [2.24, 2.45) is 23.7 Å². The van der Waals surface area contributed by atoms with Gasteiger partial charge < -0.3 is 9.47 Å². The monoisotopic (exact) mass is 819 g/mol. The van der Waals surface area contributed by atoms with Crippen LogP contribution >= 0.6 is 0 Å². The zero-order chi connectivity index (χ0) is 42.6. The largest absolute Gasteiger partial charge is 0.465 e. The molecule has 0 spiro atoms. The molecule has 0 heterocycles. The number of carbonyl (C=O) groups is 2. The number of hydrogen-bond acceptors (Lipinski definition) is 4. The van der Waals surface area contributed by atoms with Crippen molar-refractivity contribution in [2.45, 2.75) is 298 Å². The highest BCUT2D eigenvalue weighted by Gasteiger charge is 2.15. The highest BCUT2D eigenvalue weighted by Crippen LogP contribution is 2.26. The van der Waals surface area contributed by atoms with Crippen molar-refractivity contribution in [1.82, 2.24) is 0 Å². The van der Waals surface area contributed by atoms with E-state index in [4.69, 9.17) is 9.47 Å². The molecular weight excluding hydrogens is 713 g/mol. The van der Waals surface area contributed by atoms with Crippen molar-refractivity contribution in [1.29, 1.82) is 0 Å². The molecule has 0 aliphatic carbocycles. The average Bonchev–Trinajstić information content (AvgIpc) is 3.21. The number of unbranched alkanes of at least 4 members (excludes halogenated alkanes) is 24. The smallest absolute Gasteiger partial charge is 0.305 e. The SMILES string of the molecule is CCCCCCCCC(CCCCCC)COC(=O)CCCCCCCC(CCCCCCCC(=O)OCC(CCCCCC)CCCCCCCC)CCC(C)C. The van der Waals surface area contributed by atoms with Gasteiger partial charge in [-0.2, -0.15) is 0 Å². The zero-order valence-electron chi connectivity index (χ0n) is 40.6. The molecule has 0 bridgehead atoms. The standard InChI is InChI=1S/C54H106O4/c1-7-11-15-19-23-33-41-51(39-29-17-13-9-3)47-57-53(55)43-35-27-21-25-31-37-50(46-45-49(5)6)38-32-26-22-28-36-44-54(56)58-48-52(40-30-18-14-10-4)42-34-24-20-16-12-8-2/h49-52H,7-48H2,1-6H3. The van der Waals surface area contributed by atoms with Crippen LogP contribution in [0.25, 0.3) is 0 Å². The lowest BCUT2D eigenvalue weighted by molar-refractivity contribution is -0.146. The van der Waals surface area contributed by atoms with Gasteiger partial charge in [0.25, 0.3) is 0 Å². The maximum absolute atomic E-state index is 12.6. The molecular formula is C54H106O4. The Labute approximate surface area is 365 Å². The van der Waals surface area contributed by atoms with Crippen molar-refractivity contribution in [3.05, 3.63) is 0 Å². The minimum atomic E-state index is 0.0332. The Bertz CT molecular complexity index is 777. The van der Waals surface area contributed by atoms with Crippen molar-refractivity contribution in [3.8, 4) is 0 Å². The van der Waals surface area contributed by atoms with Crippen LogP contribution in [-0.2, 0) is 19.1 Å². The molecule has 2 unspecified atom stereocenters. The predicted molar refractivity (Wildman–Crippen MR) is 255 cm³/mol. The van der Waals surface area contributed by atoms with Gasteiger partial charge in [-0.3, -0.25) is 9.59 Å². The van der Waals surface area contributed by atoms with Crippen molar-refractivity contribution < 1.29 is 19.1 Å². The number of ether oxygens (including phenoxy) is 2. The predicted octanol–water partition coefficient (Wildman–Crippen LogP) is 18.3. The molecule has 0 amide bonds. The lowest BCUT2D eigenvalue weighted by Gasteiger charge is -2.18. The summed E-state index contributed by atoms with van der Waals surface area (Å²) in [6.07, 6.45) is 49.9. The van der Waals surface area contributed by atoms with Gasteiger partial charge in [-0.1, -0.05) is 247 Å². The minimum Gasteiger partial charge on any atom is -0.465 e. The van der Waals surface area contributed by atoms with Crippen LogP contribution < -0.4 is 0 Å². The van der Waals surface area contributed by atoms with E-state index in [2.05, 4.69) is 41.5 Å². The molecule has 0 N–H and O–H groups in total.